The summed E-state index contributed by atoms with van der Waals surface area (Å²) in [4.78, 5) is 56.9. The SMILES string of the molecule is CCCNC(=O)c1ccc(-c2cc3c(cc2C(=O)Nc2ccc(CN)cc2C(=O)NC)-c2sccc2CCO3)c(C(=O)O)n1. The van der Waals surface area contributed by atoms with E-state index < -0.39 is 29.4 Å². The standard InChI is InChI=1S/C32H31N5O6S/c1-3-10-35-31(40)25-7-5-19(27(36-25)32(41)42)20-15-26-23(28-18(8-11-43-26)9-12-44-28)14-21(20)30(39)37-24-6-4-17(16-33)13-22(24)29(38)34-2/h4-7,9,12-15H,3,8,10-11,16,33H2,1-2H3,(H,34,38)(H,35,40)(H,37,39)(H,41,42). The summed E-state index contributed by atoms with van der Waals surface area (Å²) in [6, 6.07) is 13.1. The Bertz CT molecular complexity index is 1780. The van der Waals surface area contributed by atoms with Crippen LogP contribution in [0.5, 0.6) is 5.75 Å². The Morgan fingerprint density at radius 3 is 2.52 bits per heavy atom. The van der Waals surface area contributed by atoms with Gasteiger partial charge in [0.2, 0.25) is 0 Å². The Morgan fingerprint density at radius 1 is 0.977 bits per heavy atom. The largest absolute Gasteiger partial charge is 0.493 e. The van der Waals surface area contributed by atoms with E-state index >= 15 is 0 Å². The summed E-state index contributed by atoms with van der Waals surface area (Å²) in [5.74, 6) is -2.39. The van der Waals surface area contributed by atoms with Crippen molar-refractivity contribution in [2.75, 3.05) is 25.5 Å². The maximum atomic E-state index is 14.1. The van der Waals surface area contributed by atoms with Crippen LogP contribution in [0.3, 0.4) is 0 Å². The molecule has 2 aromatic carbocycles. The minimum Gasteiger partial charge on any atom is -0.493 e. The molecule has 0 saturated heterocycles. The van der Waals surface area contributed by atoms with Crippen LogP contribution < -0.4 is 26.4 Å². The van der Waals surface area contributed by atoms with E-state index in [-0.39, 0.29) is 40.2 Å². The molecule has 0 unspecified atom stereocenters. The number of amides is 3. The lowest BCUT2D eigenvalue weighted by molar-refractivity contribution is 0.0690. The zero-order valence-electron chi connectivity index (χ0n) is 24.2. The number of carbonyl (C=O) groups excluding carboxylic acids is 3. The molecule has 0 spiro atoms. The van der Waals surface area contributed by atoms with Gasteiger partial charge >= 0.3 is 5.97 Å². The number of carboxylic acids is 1. The fraction of sp³-hybridized carbons (Fsp3) is 0.219. The number of nitrogens with one attached hydrogen (secondary N) is 3. The van der Waals surface area contributed by atoms with Crippen molar-refractivity contribution >= 4 is 40.7 Å². The number of carbonyl (C=O) groups is 4. The number of carboxylic acid groups (broad SMARTS) is 1. The molecule has 3 heterocycles. The number of fused-ring (bicyclic) bond motifs is 3. The normalized spacial score (nSPS) is 11.8. The highest BCUT2D eigenvalue weighted by Gasteiger charge is 2.27. The predicted molar refractivity (Wildman–Crippen MR) is 167 cm³/mol. The van der Waals surface area contributed by atoms with Gasteiger partial charge in [-0.2, -0.15) is 0 Å². The van der Waals surface area contributed by atoms with Crippen LogP contribution in [0.4, 0.5) is 5.69 Å². The first-order valence-electron chi connectivity index (χ1n) is 14.0. The van der Waals surface area contributed by atoms with Gasteiger partial charge in [0.15, 0.2) is 5.69 Å². The first-order chi connectivity index (χ1) is 21.2. The van der Waals surface area contributed by atoms with Crippen molar-refractivity contribution in [3.63, 3.8) is 0 Å². The summed E-state index contributed by atoms with van der Waals surface area (Å²) in [5, 5.41) is 20.2. The minimum absolute atomic E-state index is 0.0601. The molecule has 0 saturated carbocycles. The molecular formula is C32H31N5O6S. The maximum absolute atomic E-state index is 14.1. The van der Waals surface area contributed by atoms with E-state index in [4.69, 9.17) is 10.5 Å². The van der Waals surface area contributed by atoms with E-state index in [1.54, 1.807) is 30.3 Å². The fourth-order valence-corrected chi connectivity index (χ4v) is 5.94. The van der Waals surface area contributed by atoms with Gasteiger partial charge in [-0.25, -0.2) is 9.78 Å². The summed E-state index contributed by atoms with van der Waals surface area (Å²) in [6.45, 7) is 2.90. The van der Waals surface area contributed by atoms with Crippen molar-refractivity contribution in [1.29, 1.82) is 0 Å². The van der Waals surface area contributed by atoms with Crippen molar-refractivity contribution in [3.05, 3.63) is 87.6 Å². The fourth-order valence-electron chi connectivity index (χ4n) is 4.96. The average Bonchev–Trinajstić information content (AvgIpc) is 3.44. The highest BCUT2D eigenvalue weighted by molar-refractivity contribution is 7.13. The summed E-state index contributed by atoms with van der Waals surface area (Å²) in [6.07, 6.45) is 1.36. The molecule has 0 atom stereocenters. The van der Waals surface area contributed by atoms with Gasteiger partial charge in [0.05, 0.1) is 17.9 Å². The number of aromatic nitrogens is 1. The third-order valence-electron chi connectivity index (χ3n) is 7.18. The van der Waals surface area contributed by atoms with Gasteiger partial charge in [0.25, 0.3) is 17.7 Å². The van der Waals surface area contributed by atoms with Crippen LogP contribution >= 0.6 is 11.3 Å². The van der Waals surface area contributed by atoms with Crippen LogP contribution in [0.1, 0.15) is 66.2 Å². The third kappa shape index (κ3) is 6.03. The number of benzene rings is 2. The van der Waals surface area contributed by atoms with Gasteiger partial charge in [-0.1, -0.05) is 13.0 Å². The molecule has 5 rings (SSSR count). The minimum atomic E-state index is -1.37. The number of ether oxygens (including phenoxy) is 1. The Labute approximate surface area is 257 Å². The molecule has 0 aliphatic carbocycles. The number of nitrogens with zero attached hydrogens (tertiary/aromatic N) is 1. The molecule has 226 valence electrons. The van der Waals surface area contributed by atoms with Crippen molar-refractivity contribution in [2.45, 2.75) is 26.3 Å². The van der Waals surface area contributed by atoms with Gasteiger partial charge < -0.3 is 31.5 Å². The quantitative estimate of drug-likeness (QED) is 0.186. The lowest BCUT2D eigenvalue weighted by Gasteiger charge is -2.18. The number of rotatable bonds is 9. The summed E-state index contributed by atoms with van der Waals surface area (Å²) in [7, 11) is 1.48. The summed E-state index contributed by atoms with van der Waals surface area (Å²) < 4.78 is 6.08. The van der Waals surface area contributed by atoms with Crippen molar-refractivity contribution in [3.8, 4) is 27.3 Å². The highest BCUT2D eigenvalue weighted by Crippen LogP contribution is 2.43. The molecule has 2 aromatic heterocycles. The molecule has 1 aliphatic rings. The van der Waals surface area contributed by atoms with Crippen LogP contribution in [-0.2, 0) is 13.0 Å². The second-order valence-corrected chi connectivity index (χ2v) is 11.0. The topological polar surface area (TPSA) is 173 Å². The first-order valence-corrected chi connectivity index (χ1v) is 14.9. The van der Waals surface area contributed by atoms with Crippen LogP contribution in [0, 0.1) is 0 Å². The average molecular weight is 614 g/mol. The van der Waals surface area contributed by atoms with Crippen molar-refractivity contribution < 1.29 is 29.0 Å². The zero-order chi connectivity index (χ0) is 31.4. The maximum Gasteiger partial charge on any atom is 0.355 e. The molecule has 11 nitrogen and oxygen atoms in total. The first kappa shape index (κ1) is 30.4. The monoisotopic (exact) mass is 613 g/mol. The Balaban J connectivity index is 1.68. The van der Waals surface area contributed by atoms with Crippen LogP contribution in [0.25, 0.3) is 21.6 Å². The van der Waals surface area contributed by atoms with E-state index in [1.807, 2.05) is 18.4 Å². The molecule has 0 radical (unpaired) electrons. The molecule has 0 bridgehead atoms. The van der Waals surface area contributed by atoms with E-state index in [9.17, 15) is 24.3 Å². The number of thiophene rings is 1. The lowest BCUT2D eigenvalue weighted by atomic mass is 9.93. The number of hydrogen-bond acceptors (Lipinski definition) is 8. The number of anilines is 1. The van der Waals surface area contributed by atoms with Crippen molar-refractivity contribution in [1.82, 2.24) is 15.6 Å². The highest BCUT2D eigenvalue weighted by atomic mass is 32.1. The predicted octanol–water partition coefficient (Wildman–Crippen LogP) is 4.32. The van der Waals surface area contributed by atoms with Crippen molar-refractivity contribution in [2.24, 2.45) is 5.73 Å². The number of pyridine rings is 1. The van der Waals surface area contributed by atoms with Gasteiger partial charge in [-0.15, -0.1) is 11.3 Å². The Morgan fingerprint density at radius 2 is 1.80 bits per heavy atom. The van der Waals surface area contributed by atoms with Crippen LogP contribution in [-0.4, -0.2) is 54.0 Å². The molecule has 12 heteroatoms. The third-order valence-corrected chi connectivity index (χ3v) is 8.17. The summed E-state index contributed by atoms with van der Waals surface area (Å²) >= 11 is 1.51. The van der Waals surface area contributed by atoms with Gasteiger partial charge in [-0.05, 0) is 65.4 Å². The van der Waals surface area contributed by atoms with Crippen LogP contribution in [0.15, 0.2) is 53.9 Å². The number of nitrogens with two attached hydrogens (primary N) is 1. The lowest BCUT2D eigenvalue weighted by Crippen LogP contribution is -2.25. The molecule has 6 N–H and O–H groups in total. The molecule has 3 amide bonds. The Kier molecular flexibility index (Phi) is 9.02. The van der Waals surface area contributed by atoms with Gasteiger partial charge in [0, 0.05) is 53.7 Å². The molecular weight excluding hydrogens is 582 g/mol. The van der Waals surface area contributed by atoms with Gasteiger partial charge in [-0.3, -0.25) is 14.4 Å². The second-order valence-electron chi connectivity index (χ2n) is 10.0. The van der Waals surface area contributed by atoms with E-state index in [0.717, 1.165) is 10.4 Å². The number of hydrogen-bond donors (Lipinski definition) is 5. The van der Waals surface area contributed by atoms with E-state index in [1.165, 1.54) is 30.5 Å². The molecule has 0 fully saturated rings. The summed E-state index contributed by atoms with van der Waals surface area (Å²) in [5.41, 5.74) is 8.76. The Hall–Kier alpha value is -5.07. The van der Waals surface area contributed by atoms with Crippen LogP contribution in [0.2, 0.25) is 0 Å². The number of aromatic carboxylic acids is 1. The smallest absolute Gasteiger partial charge is 0.355 e. The molecule has 1 aliphatic heterocycles. The second kappa shape index (κ2) is 13.1. The molecule has 44 heavy (non-hydrogen) atoms. The zero-order valence-corrected chi connectivity index (χ0v) is 25.0. The van der Waals surface area contributed by atoms with E-state index in [2.05, 4.69) is 20.9 Å². The van der Waals surface area contributed by atoms with E-state index in [0.29, 0.717) is 42.9 Å². The molecule has 4 aromatic rings. The van der Waals surface area contributed by atoms with Gasteiger partial charge in [0.1, 0.15) is 11.4 Å².